The first-order valence-electron chi connectivity index (χ1n) is 17.2. The molecule has 1 aromatic heterocycles. The van der Waals surface area contributed by atoms with E-state index in [0.717, 1.165) is 22.4 Å². The van der Waals surface area contributed by atoms with Crippen molar-refractivity contribution in [1.29, 1.82) is 0 Å². The van der Waals surface area contributed by atoms with Crippen LogP contribution in [0.5, 0.6) is 0 Å². The third-order valence-electron chi connectivity index (χ3n) is 10.2. The topological polar surface area (TPSA) is 74.0 Å². The summed E-state index contributed by atoms with van der Waals surface area (Å²) in [5.74, 6) is 0.512. The number of methoxy groups -OCH3 is 1. The number of aromatic nitrogens is 1. The molecule has 0 aliphatic heterocycles. The first kappa shape index (κ1) is 42.5. The summed E-state index contributed by atoms with van der Waals surface area (Å²) in [6.45, 7) is 36.0. The van der Waals surface area contributed by atoms with Crippen molar-refractivity contribution in [2.75, 3.05) is 13.7 Å². The highest BCUT2D eigenvalue weighted by atomic mass is 28.4. The molecule has 1 N–H and O–H groups in total. The van der Waals surface area contributed by atoms with E-state index in [1.807, 2.05) is 32.1 Å². The zero-order chi connectivity index (χ0) is 35.6. The van der Waals surface area contributed by atoms with Crippen molar-refractivity contribution in [3.05, 3.63) is 58.9 Å². The molecule has 1 aromatic rings. The van der Waals surface area contributed by atoms with Crippen LogP contribution in [0, 0.1) is 12.8 Å². The van der Waals surface area contributed by atoms with Crippen molar-refractivity contribution in [3.63, 3.8) is 0 Å². The van der Waals surface area contributed by atoms with Gasteiger partial charge in [0.15, 0.2) is 14.2 Å². The SMILES string of the molecule is CO[C@@H](C(C)=CC=CC(C)=Cc1coc(C)n1)[C@@H](C)[C@@H](O)C[C@H](O[Si](C(C)C)(C(C)C)C(C)C)C(C)=CCO[Si](C)(C)C(C)(C)C. The summed E-state index contributed by atoms with van der Waals surface area (Å²) in [4.78, 5) is 4.34. The van der Waals surface area contributed by atoms with Crippen LogP contribution in [-0.2, 0) is 13.6 Å². The number of rotatable bonds is 18. The van der Waals surface area contributed by atoms with Gasteiger partial charge >= 0.3 is 0 Å². The number of nitrogens with zero attached hydrogens (tertiary/aromatic N) is 1. The Morgan fingerprint density at radius 2 is 1.54 bits per heavy atom. The molecule has 6 nitrogen and oxygen atoms in total. The second kappa shape index (κ2) is 18.3. The monoisotopic (exact) mass is 675 g/mol. The normalized spacial score (nSPS) is 17.5. The number of hydrogen-bond acceptors (Lipinski definition) is 6. The number of aliphatic hydroxyl groups is 1. The van der Waals surface area contributed by atoms with E-state index in [4.69, 9.17) is 18.0 Å². The van der Waals surface area contributed by atoms with E-state index >= 15 is 0 Å². The fourth-order valence-corrected chi connectivity index (χ4v) is 12.9. The van der Waals surface area contributed by atoms with Gasteiger partial charge in [-0.25, -0.2) is 4.98 Å². The molecule has 0 bridgehead atoms. The van der Waals surface area contributed by atoms with Crippen LogP contribution < -0.4 is 0 Å². The van der Waals surface area contributed by atoms with Gasteiger partial charge in [0.05, 0.1) is 24.9 Å². The molecule has 0 spiro atoms. The predicted molar refractivity (Wildman–Crippen MR) is 201 cm³/mol. The molecule has 8 heteroatoms. The van der Waals surface area contributed by atoms with Gasteiger partial charge in [0.1, 0.15) is 12.0 Å². The molecule has 46 heavy (non-hydrogen) atoms. The Bertz CT molecular complexity index is 1160. The summed E-state index contributed by atoms with van der Waals surface area (Å²) >= 11 is 0. The molecule has 0 saturated carbocycles. The zero-order valence-corrected chi connectivity index (χ0v) is 34.4. The third-order valence-corrected chi connectivity index (χ3v) is 20.8. The van der Waals surface area contributed by atoms with E-state index in [0.29, 0.717) is 35.5 Å². The highest BCUT2D eigenvalue weighted by Gasteiger charge is 2.47. The zero-order valence-electron chi connectivity index (χ0n) is 32.4. The maximum atomic E-state index is 11.8. The van der Waals surface area contributed by atoms with E-state index in [-0.39, 0.29) is 23.2 Å². The Morgan fingerprint density at radius 1 is 0.978 bits per heavy atom. The summed E-state index contributed by atoms with van der Waals surface area (Å²) in [6.07, 6.45) is 11.4. The Labute approximate surface area is 285 Å². The lowest BCUT2D eigenvalue weighted by Crippen LogP contribution is -2.51. The van der Waals surface area contributed by atoms with E-state index in [9.17, 15) is 5.11 Å². The van der Waals surface area contributed by atoms with Crippen LogP contribution in [0.2, 0.25) is 34.8 Å². The quantitative estimate of drug-likeness (QED) is 0.0948. The van der Waals surface area contributed by atoms with Crippen molar-refractivity contribution in [1.82, 2.24) is 4.98 Å². The molecule has 1 heterocycles. The summed E-state index contributed by atoms with van der Waals surface area (Å²) in [7, 11) is -2.40. The summed E-state index contributed by atoms with van der Waals surface area (Å²) in [5, 5.41) is 11.9. The maximum absolute atomic E-state index is 11.8. The van der Waals surface area contributed by atoms with Gasteiger partial charge in [-0.15, -0.1) is 0 Å². The predicted octanol–water partition coefficient (Wildman–Crippen LogP) is 10.8. The molecule has 264 valence electrons. The summed E-state index contributed by atoms with van der Waals surface area (Å²) in [6, 6.07) is 0. The van der Waals surface area contributed by atoms with Crippen LogP contribution in [0.4, 0.5) is 0 Å². The van der Waals surface area contributed by atoms with E-state index in [1.54, 1.807) is 13.4 Å². The van der Waals surface area contributed by atoms with E-state index < -0.39 is 22.7 Å². The summed E-state index contributed by atoms with van der Waals surface area (Å²) in [5.41, 5.74) is 5.38. The lowest BCUT2D eigenvalue weighted by atomic mass is 9.88. The molecule has 0 saturated heterocycles. The van der Waals surface area contributed by atoms with E-state index in [2.05, 4.69) is 113 Å². The fourth-order valence-electron chi connectivity index (χ4n) is 6.34. The Hall–Kier alpha value is -1.56. The number of aliphatic hydroxyl groups excluding tert-OH is 1. The average molecular weight is 676 g/mol. The average Bonchev–Trinajstić information content (AvgIpc) is 3.33. The molecule has 0 fully saturated rings. The molecule has 1 rings (SSSR count). The van der Waals surface area contributed by atoms with Gasteiger partial charge in [0.25, 0.3) is 0 Å². The molecule has 4 atom stereocenters. The highest BCUT2D eigenvalue weighted by Crippen LogP contribution is 2.44. The minimum Gasteiger partial charge on any atom is -0.449 e. The molecular formula is C38H69NO5Si2. The minimum absolute atomic E-state index is 0.139. The van der Waals surface area contributed by atoms with Crippen molar-refractivity contribution in [3.8, 4) is 0 Å². The number of hydrogen-bond donors (Lipinski definition) is 1. The fraction of sp³-hybridized carbons (Fsp3) is 0.711. The molecule has 0 aliphatic carbocycles. The largest absolute Gasteiger partial charge is 0.449 e. The lowest BCUT2D eigenvalue weighted by molar-refractivity contribution is -0.00434. The van der Waals surface area contributed by atoms with Gasteiger partial charge in [-0.05, 0) is 78.3 Å². The van der Waals surface area contributed by atoms with Crippen molar-refractivity contribution < 1.29 is 23.1 Å². The van der Waals surface area contributed by atoms with Crippen LogP contribution in [0.15, 0.2) is 51.7 Å². The van der Waals surface area contributed by atoms with Crippen molar-refractivity contribution in [2.24, 2.45) is 5.92 Å². The number of allylic oxidation sites excluding steroid dienone is 4. The van der Waals surface area contributed by atoms with Crippen LogP contribution in [-0.4, -0.2) is 58.8 Å². The standard InChI is InChI=1S/C38H69NO5Si2/c1-26(2)46(27(3)4,28(5)6)44-36(30(8)21-22-43-45(16,17)38(12,13)14)24-35(40)32(10)37(41-15)31(9)20-18-19-29(7)23-34-25-42-33(11)39-34/h18-21,23,25-28,32,35-37,40H,22,24H2,1-17H3/t32-,35-,36-,37-/m0/s1. The lowest BCUT2D eigenvalue weighted by Gasteiger charge is -2.45. The molecule has 0 radical (unpaired) electrons. The first-order valence-corrected chi connectivity index (χ1v) is 22.3. The summed E-state index contributed by atoms with van der Waals surface area (Å²) < 4.78 is 25.2. The number of oxazole rings is 1. The Morgan fingerprint density at radius 3 is 2.00 bits per heavy atom. The van der Waals surface area contributed by atoms with Gasteiger partial charge < -0.3 is 23.1 Å². The molecule has 0 amide bonds. The van der Waals surface area contributed by atoms with Crippen molar-refractivity contribution >= 4 is 22.7 Å². The van der Waals surface area contributed by atoms with E-state index in [1.165, 1.54) is 0 Å². The second-order valence-electron chi connectivity index (χ2n) is 15.7. The smallest absolute Gasteiger partial charge is 0.201 e. The van der Waals surface area contributed by atoms with Crippen molar-refractivity contribution in [2.45, 2.75) is 156 Å². The maximum Gasteiger partial charge on any atom is 0.201 e. The minimum atomic E-state index is -2.22. The highest BCUT2D eigenvalue weighted by molar-refractivity contribution is 6.77. The molecule has 0 aromatic carbocycles. The van der Waals surface area contributed by atoms with Gasteiger partial charge in [-0.2, -0.15) is 0 Å². The van der Waals surface area contributed by atoms with Gasteiger partial charge in [0.2, 0.25) is 8.32 Å². The van der Waals surface area contributed by atoms with Crippen LogP contribution >= 0.6 is 0 Å². The van der Waals surface area contributed by atoms with Gasteiger partial charge in [0, 0.05) is 26.4 Å². The van der Waals surface area contributed by atoms with Crippen LogP contribution in [0.3, 0.4) is 0 Å². The van der Waals surface area contributed by atoms with Gasteiger partial charge in [-0.1, -0.05) is 93.5 Å². The third kappa shape index (κ3) is 11.8. The number of aryl methyl sites for hydroxylation is 1. The van der Waals surface area contributed by atoms with Gasteiger partial charge in [-0.3, -0.25) is 0 Å². The molecule has 0 unspecified atom stereocenters. The first-order chi connectivity index (χ1) is 21.1. The molecular weight excluding hydrogens is 607 g/mol. The van der Waals surface area contributed by atoms with Crippen LogP contribution in [0.25, 0.3) is 6.08 Å². The Balaban J connectivity index is 3.30. The Kier molecular flexibility index (Phi) is 16.9. The molecule has 0 aliphatic rings. The van der Waals surface area contributed by atoms with Crippen LogP contribution in [0.1, 0.15) is 108 Å². The second-order valence-corrected chi connectivity index (χ2v) is 25.9. The number of ether oxygens (including phenoxy) is 1.